The number of carbonyl (C=O) groups is 1. The number of amides is 1. The van der Waals surface area contributed by atoms with E-state index in [1.165, 1.54) is 32.5 Å². The molecule has 0 aromatic carbocycles. The third-order valence-corrected chi connectivity index (χ3v) is 5.80. The van der Waals surface area contributed by atoms with Crippen LogP contribution < -0.4 is 0 Å². The highest BCUT2D eigenvalue weighted by Crippen LogP contribution is 2.23. The minimum Gasteiger partial charge on any atom is -0.379 e. The van der Waals surface area contributed by atoms with E-state index in [9.17, 15) is 4.79 Å². The number of piperidine rings is 2. The first-order valence-electron chi connectivity index (χ1n) is 9.47. The Morgan fingerprint density at radius 3 is 2.43 bits per heavy atom. The Labute approximate surface area is 140 Å². The van der Waals surface area contributed by atoms with Crippen molar-refractivity contribution in [3.05, 3.63) is 0 Å². The number of hydrogen-bond donors (Lipinski definition) is 0. The average molecular weight is 323 g/mol. The second kappa shape index (κ2) is 7.95. The van der Waals surface area contributed by atoms with Gasteiger partial charge < -0.3 is 14.5 Å². The number of nitrogens with zero attached hydrogens (tertiary/aromatic N) is 3. The summed E-state index contributed by atoms with van der Waals surface area (Å²) in [5.41, 5.74) is 0. The Morgan fingerprint density at radius 2 is 1.78 bits per heavy atom. The third kappa shape index (κ3) is 4.46. The molecule has 23 heavy (non-hydrogen) atoms. The molecule has 5 nitrogen and oxygen atoms in total. The van der Waals surface area contributed by atoms with Gasteiger partial charge in [-0.25, -0.2) is 0 Å². The van der Waals surface area contributed by atoms with Crippen LogP contribution in [-0.4, -0.2) is 85.2 Å². The van der Waals surface area contributed by atoms with E-state index in [1.807, 2.05) is 0 Å². The van der Waals surface area contributed by atoms with Crippen molar-refractivity contribution in [2.75, 3.05) is 52.5 Å². The maximum Gasteiger partial charge on any atom is 0.222 e. The molecule has 3 aliphatic rings. The van der Waals surface area contributed by atoms with E-state index in [2.05, 4.69) is 28.5 Å². The fourth-order valence-corrected chi connectivity index (χ4v) is 4.37. The summed E-state index contributed by atoms with van der Waals surface area (Å²) in [4.78, 5) is 19.3. The van der Waals surface area contributed by atoms with E-state index in [0.29, 0.717) is 17.9 Å². The summed E-state index contributed by atoms with van der Waals surface area (Å²) in [6, 6.07) is 1.10. The van der Waals surface area contributed by atoms with E-state index < -0.39 is 0 Å². The molecule has 0 bridgehead atoms. The van der Waals surface area contributed by atoms with Crippen molar-refractivity contribution in [3.63, 3.8) is 0 Å². The molecule has 0 saturated carbocycles. The molecule has 3 heterocycles. The molecule has 0 aliphatic carbocycles. The maximum atomic E-state index is 12.0. The number of likely N-dealkylation sites (tertiary alicyclic amines) is 2. The highest BCUT2D eigenvalue weighted by atomic mass is 16.5. The summed E-state index contributed by atoms with van der Waals surface area (Å²) in [6.07, 6.45) is 4.40. The summed E-state index contributed by atoms with van der Waals surface area (Å²) in [5.74, 6) is 1.01. The van der Waals surface area contributed by atoms with Gasteiger partial charge in [0.25, 0.3) is 0 Å². The zero-order valence-corrected chi connectivity index (χ0v) is 14.9. The molecule has 132 valence electrons. The lowest BCUT2D eigenvalue weighted by atomic mass is 9.94. The predicted octanol–water partition coefficient (Wildman–Crippen LogP) is 1.43. The van der Waals surface area contributed by atoms with Gasteiger partial charge in [0.2, 0.25) is 5.91 Å². The van der Waals surface area contributed by atoms with Crippen LogP contribution in [0.1, 0.15) is 39.5 Å². The molecular formula is C18H33N3O2. The van der Waals surface area contributed by atoms with Crippen LogP contribution in [0.3, 0.4) is 0 Å². The summed E-state index contributed by atoms with van der Waals surface area (Å²) in [6.45, 7) is 12.9. The number of carbonyl (C=O) groups excluding carboxylic acids is 1. The van der Waals surface area contributed by atoms with Gasteiger partial charge in [-0.2, -0.15) is 0 Å². The quantitative estimate of drug-likeness (QED) is 0.784. The minimum absolute atomic E-state index is 0.345. The minimum atomic E-state index is 0.345. The number of ether oxygens (including phenoxy) is 1. The first-order valence-corrected chi connectivity index (χ1v) is 9.47. The third-order valence-electron chi connectivity index (χ3n) is 5.80. The van der Waals surface area contributed by atoms with Gasteiger partial charge >= 0.3 is 0 Å². The van der Waals surface area contributed by atoms with E-state index >= 15 is 0 Å². The Bertz CT molecular complexity index is 388. The average Bonchev–Trinajstić information content (AvgIpc) is 2.58. The largest absolute Gasteiger partial charge is 0.379 e. The zero-order chi connectivity index (χ0) is 16.2. The van der Waals surface area contributed by atoms with Gasteiger partial charge in [0, 0.05) is 44.7 Å². The summed E-state index contributed by atoms with van der Waals surface area (Å²) in [7, 11) is 0. The van der Waals surface area contributed by atoms with Crippen LogP contribution in [0, 0.1) is 5.92 Å². The van der Waals surface area contributed by atoms with Gasteiger partial charge in [-0.15, -0.1) is 0 Å². The molecule has 1 amide bonds. The van der Waals surface area contributed by atoms with Crippen molar-refractivity contribution in [2.24, 2.45) is 5.92 Å². The molecule has 5 heteroatoms. The van der Waals surface area contributed by atoms with Gasteiger partial charge in [0.05, 0.1) is 13.2 Å². The predicted molar refractivity (Wildman–Crippen MR) is 91.4 cm³/mol. The molecule has 3 aliphatic heterocycles. The first-order chi connectivity index (χ1) is 11.1. The van der Waals surface area contributed by atoms with Crippen molar-refractivity contribution in [3.8, 4) is 0 Å². The molecule has 1 atom stereocenters. The normalized spacial score (nSPS) is 29.4. The molecule has 0 spiro atoms. The molecule has 0 aromatic rings. The topological polar surface area (TPSA) is 36.0 Å². The van der Waals surface area contributed by atoms with Crippen LogP contribution in [0.4, 0.5) is 0 Å². The van der Waals surface area contributed by atoms with Crippen LogP contribution in [0.2, 0.25) is 0 Å². The lowest BCUT2D eigenvalue weighted by molar-refractivity contribution is -0.137. The molecular weight excluding hydrogens is 290 g/mol. The molecule has 0 aromatic heterocycles. The van der Waals surface area contributed by atoms with Gasteiger partial charge in [-0.05, 0) is 52.1 Å². The van der Waals surface area contributed by atoms with Gasteiger partial charge in [-0.1, -0.05) is 0 Å². The Kier molecular flexibility index (Phi) is 5.94. The summed E-state index contributed by atoms with van der Waals surface area (Å²) < 4.78 is 5.47. The van der Waals surface area contributed by atoms with Crippen LogP contribution >= 0.6 is 0 Å². The highest BCUT2D eigenvalue weighted by molar-refractivity contribution is 5.77. The molecule has 1 unspecified atom stereocenters. The molecule has 3 saturated heterocycles. The van der Waals surface area contributed by atoms with Crippen molar-refractivity contribution < 1.29 is 9.53 Å². The number of morpholine rings is 1. The maximum absolute atomic E-state index is 12.0. The van der Waals surface area contributed by atoms with Crippen LogP contribution in [0.5, 0.6) is 0 Å². The second-order valence-electron chi connectivity index (χ2n) is 7.72. The lowest BCUT2D eigenvalue weighted by Crippen LogP contribution is -2.51. The summed E-state index contributed by atoms with van der Waals surface area (Å²) in [5, 5.41) is 0. The number of hydrogen-bond acceptors (Lipinski definition) is 4. The van der Waals surface area contributed by atoms with Crippen molar-refractivity contribution in [1.29, 1.82) is 0 Å². The highest BCUT2D eigenvalue weighted by Gasteiger charge is 2.30. The van der Waals surface area contributed by atoms with Crippen LogP contribution in [0.15, 0.2) is 0 Å². The van der Waals surface area contributed by atoms with E-state index in [-0.39, 0.29) is 0 Å². The standard InChI is InChI=1S/C18H33N3O2/c1-15(2)21-14-16(3-4-18(21)22)13-19-7-5-17(6-8-19)20-9-11-23-12-10-20/h15-17H,3-14H2,1-2H3. The lowest BCUT2D eigenvalue weighted by Gasteiger charge is -2.42. The monoisotopic (exact) mass is 323 g/mol. The zero-order valence-electron chi connectivity index (χ0n) is 14.9. The van der Waals surface area contributed by atoms with Crippen molar-refractivity contribution in [2.45, 2.75) is 51.6 Å². The van der Waals surface area contributed by atoms with E-state index in [1.54, 1.807) is 0 Å². The Morgan fingerprint density at radius 1 is 1.09 bits per heavy atom. The van der Waals surface area contributed by atoms with Gasteiger partial charge in [0.15, 0.2) is 0 Å². The summed E-state index contributed by atoms with van der Waals surface area (Å²) >= 11 is 0. The Hall–Kier alpha value is -0.650. The smallest absolute Gasteiger partial charge is 0.222 e. The Balaban J connectivity index is 1.42. The molecule has 3 fully saturated rings. The van der Waals surface area contributed by atoms with Crippen LogP contribution in [-0.2, 0) is 9.53 Å². The SMILES string of the molecule is CC(C)N1CC(CN2CCC(N3CCOCC3)CC2)CCC1=O. The molecule has 0 N–H and O–H groups in total. The van der Waals surface area contributed by atoms with Crippen LogP contribution in [0.25, 0.3) is 0 Å². The van der Waals surface area contributed by atoms with Crippen molar-refractivity contribution in [1.82, 2.24) is 14.7 Å². The van der Waals surface area contributed by atoms with E-state index in [4.69, 9.17) is 4.74 Å². The molecule has 3 rings (SSSR count). The van der Waals surface area contributed by atoms with E-state index in [0.717, 1.165) is 51.7 Å². The fourth-order valence-electron chi connectivity index (χ4n) is 4.37. The van der Waals surface area contributed by atoms with Gasteiger partial charge in [-0.3, -0.25) is 9.69 Å². The van der Waals surface area contributed by atoms with Gasteiger partial charge in [0.1, 0.15) is 0 Å². The first kappa shape index (κ1) is 17.2. The fraction of sp³-hybridized carbons (Fsp3) is 0.944. The number of rotatable bonds is 4. The second-order valence-corrected chi connectivity index (χ2v) is 7.72. The van der Waals surface area contributed by atoms with Crippen molar-refractivity contribution >= 4 is 5.91 Å². The molecule has 0 radical (unpaired) electrons.